The lowest BCUT2D eigenvalue weighted by molar-refractivity contribution is 0.160. The molecule has 3 atom stereocenters. The predicted octanol–water partition coefficient (Wildman–Crippen LogP) is 2.63. The van der Waals surface area contributed by atoms with Gasteiger partial charge in [0.25, 0.3) is 0 Å². The minimum absolute atomic E-state index is 0.506. The SMILES string of the molecule is CCC1CCCN(CCC2CCCC2N)C1. The molecule has 0 aromatic rings. The Bertz CT molecular complexity index is 205. The molecular weight excluding hydrogens is 196 g/mol. The fraction of sp³-hybridized carbons (Fsp3) is 1.00. The molecule has 0 bridgehead atoms. The highest BCUT2D eigenvalue weighted by Gasteiger charge is 2.25. The van der Waals surface area contributed by atoms with E-state index in [1.54, 1.807) is 0 Å². The second-order valence-corrected chi connectivity index (χ2v) is 5.86. The van der Waals surface area contributed by atoms with Gasteiger partial charge >= 0.3 is 0 Å². The van der Waals surface area contributed by atoms with Gasteiger partial charge in [-0.05, 0) is 57.0 Å². The van der Waals surface area contributed by atoms with Gasteiger partial charge in [-0.3, -0.25) is 0 Å². The van der Waals surface area contributed by atoms with Crippen molar-refractivity contribution in [2.45, 2.75) is 57.9 Å². The first-order valence-electron chi connectivity index (χ1n) is 7.27. The molecular formula is C14H28N2. The fourth-order valence-corrected chi connectivity index (χ4v) is 3.46. The van der Waals surface area contributed by atoms with Crippen molar-refractivity contribution in [2.24, 2.45) is 17.6 Å². The zero-order valence-corrected chi connectivity index (χ0v) is 10.8. The van der Waals surface area contributed by atoms with Crippen LogP contribution in [0.3, 0.4) is 0 Å². The van der Waals surface area contributed by atoms with Gasteiger partial charge in [-0.25, -0.2) is 0 Å². The highest BCUT2D eigenvalue weighted by atomic mass is 15.1. The van der Waals surface area contributed by atoms with Crippen molar-refractivity contribution in [1.29, 1.82) is 0 Å². The van der Waals surface area contributed by atoms with Gasteiger partial charge in [-0.1, -0.05) is 19.8 Å². The summed E-state index contributed by atoms with van der Waals surface area (Å²) in [5.41, 5.74) is 6.13. The Labute approximate surface area is 101 Å². The first-order valence-corrected chi connectivity index (χ1v) is 7.27. The molecule has 3 unspecified atom stereocenters. The summed E-state index contributed by atoms with van der Waals surface area (Å²) < 4.78 is 0. The molecule has 0 radical (unpaired) electrons. The lowest BCUT2D eigenvalue weighted by Gasteiger charge is -2.33. The van der Waals surface area contributed by atoms with Gasteiger partial charge in [0.05, 0.1) is 0 Å². The Kier molecular flexibility index (Phi) is 4.66. The first-order chi connectivity index (χ1) is 7.79. The van der Waals surface area contributed by atoms with Crippen molar-refractivity contribution in [2.75, 3.05) is 19.6 Å². The number of rotatable bonds is 4. The highest BCUT2D eigenvalue weighted by Crippen LogP contribution is 2.28. The van der Waals surface area contributed by atoms with Gasteiger partial charge in [0.15, 0.2) is 0 Å². The number of piperidine rings is 1. The molecule has 2 fully saturated rings. The maximum atomic E-state index is 6.13. The Morgan fingerprint density at radius 2 is 2.06 bits per heavy atom. The van der Waals surface area contributed by atoms with Crippen LogP contribution in [0.2, 0.25) is 0 Å². The summed E-state index contributed by atoms with van der Waals surface area (Å²) >= 11 is 0. The number of hydrogen-bond donors (Lipinski definition) is 1. The average molecular weight is 224 g/mol. The highest BCUT2D eigenvalue weighted by molar-refractivity contribution is 4.81. The van der Waals surface area contributed by atoms with Crippen LogP contribution in [0.15, 0.2) is 0 Å². The van der Waals surface area contributed by atoms with E-state index >= 15 is 0 Å². The van der Waals surface area contributed by atoms with Gasteiger partial charge in [0.2, 0.25) is 0 Å². The molecule has 94 valence electrons. The molecule has 1 heterocycles. The summed E-state index contributed by atoms with van der Waals surface area (Å²) in [6, 6.07) is 0.506. The summed E-state index contributed by atoms with van der Waals surface area (Å²) in [4.78, 5) is 2.68. The third-order valence-corrected chi connectivity index (χ3v) is 4.71. The van der Waals surface area contributed by atoms with Crippen LogP contribution in [0.5, 0.6) is 0 Å². The minimum atomic E-state index is 0.506. The van der Waals surface area contributed by atoms with E-state index in [1.807, 2.05) is 0 Å². The van der Waals surface area contributed by atoms with Crippen molar-refractivity contribution < 1.29 is 0 Å². The summed E-state index contributed by atoms with van der Waals surface area (Å²) in [6.07, 6.45) is 9.58. The van der Waals surface area contributed by atoms with Crippen LogP contribution in [0.25, 0.3) is 0 Å². The monoisotopic (exact) mass is 224 g/mol. The number of likely N-dealkylation sites (tertiary alicyclic amines) is 1. The summed E-state index contributed by atoms with van der Waals surface area (Å²) in [5, 5.41) is 0. The maximum absolute atomic E-state index is 6.13. The number of nitrogens with zero attached hydrogens (tertiary/aromatic N) is 1. The van der Waals surface area contributed by atoms with E-state index < -0.39 is 0 Å². The van der Waals surface area contributed by atoms with E-state index in [0.29, 0.717) is 6.04 Å². The first kappa shape index (κ1) is 12.4. The van der Waals surface area contributed by atoms with E-state index in [0.717, 1.165) is 11.8 Å². The molecule has 0 amide bonds. The Hall–Kier alpha value is -0.0800. The lowest BCUT2D eigenvalue weighted by atomic mass is 9.94. The molecule has 2 nitrogen and oxygen atoms in total. The van der Waals surface area contributed by atoms with Crippen molar-refractivity contribution in [3.05, 3.63) is 0 Å². The molecule has 1 saturated heterocycles. The molecule has 2 N–H and O–H groups in total. The molecule has 1 aliphatic heterocycles. The van der Waals surface area contributed by atoms with Crippen LogP contribution < -0.4 is 5.73 Å². The second-order valence-electron chi connectivity index (χ2n) is 5.86. The summed E-state index contributed by atoms with van der Waals surface area (Å²) in [6.45, 7) is 6.31. The van der Waals surface area contributed by atoms with Gasteiger partial charge < -0.3 is 10.6 Å². The molecule has 0 aromatic heterocycles. The molecule has 1 saturated carbocycles. The molecule has 16 heavy (non-hydrogen) atoms. The van der Waals surface area contributed by atoms with Crippen molar-refractivity contribution >= 4 is 0 Å². The zero-order chi connectivity index (χ0) is 11.4. The normalized spacial score (nSPS) is 36.8. The van der Waals surface area contributed by atoms with Crippen LogP contribution in [0.1, 0.15) is 51.9 Å². The van der Waals surface area contributed by atoms with E-state index in [2.05, 4.69) is 11.8 Å². The molecule has 0 aromatic carbocycles. The van der Waals surface area contributed by atoms with E-state index in [4.69, 9.17) is 5.73 Å². The van der Waals surface area contributed by atoms with Crippen molar-refractivity contribution in [3.8, 4) is 0 Å². The Morgan fingerprint density at radius 1 is 1.19 bits per heavy atom. The maximum Gasteiger partial charge on any atom is 0.00676 e. The second kappa shape index (κ2) is 6.02. The van der Waals surface area contributed by atoms with Crippen LogP contribution >= 0.6 is 0 Å². The van der Waals surface area contributed by atoms with Gasteiger partial charge in [0.1, 0.15) is 0 Å². The summed E-state index contributed by atoms with van der Waals surface area (Å²) in [7, 11) is 0. The lowest BCUT2D eigenvalue weighted by Crippen LogP contribution is -2.37. The molecule has 2 aliphatic rings. The van der Waals surface area contributed by atoms with Gasteiger partial charge in [-0.2, -0.15) is 0 Å². The van der Waals surface area contributed by atoms with Crippen LogP contribution in [-0.4, -0.2) is 30.6 Å². The minimum Gasteiger partial charge on any atom is -0.327 e. The van der Waals surface area contributed by atoms with Crippen molar-refractivity contribution in [1.82, 2.24) is 4.90 Å². The largest absolute Gasteiger partial charge is 0.327 e. The van der Waals surface area contributed by atoms with Crippen molar-refractivity contribution in [3.63, 3.8) is 0 Å². The number of nitrogens with two attached hydrogens (primary N) is 1. The topological polar surface area (TPSA) is 29.3 Å². The van der Waals surface area contributed by atoms with Gasteiger partial charge in [0, 0.05) is 12.6 Å². The third-order valence-electron chi connectivity index (χ3n) is 4.71. The number of hydrogen-bond acceptors (Lipinski definition) is 2. The molecule has 1 aliphatic carbocycles. The van der Waals surface area contributed by atoms with Crippen LogP contribution in [0.4, 0.5) is 0 Å². The molecule has 2 rings (SSSR count). The van der Waals surface area contributed by atoms with Gasteiger partial charge in [-0.15, -0.1) is 0 Å². The fourth-order valence-electron chi connectivity index (χ4n) is 3.46. The molecule has 0 spiro atoms. The smallest absolute Gasteiger partial charge is 0.00676 e. The molecule has 2 heteroatoms. The van der Waals surface area contributed by atoms with E-state index in [1.165, 1.54) is 64.6 Å². The summed E-state index contributed by atoms with van der Waals surface area (Å²) in [5.74, 6) is 1.79. The Morgan fingerprint density at radius 3 is 2.75 bits per heavy atom. The zero-order valence-electron chi connectivity index (χ0n) is 10.8. The predicted molar refractivity (Wildman–Crippen MR) is 69.4 cm³/mol. The third kappa shape index (κ3) is 3.21. The Balaban J connectivity index is 1.68. The quantitative estimate of drug-likeness (QED) is 0.795. The van der Waals surface area contributed by atoms with E-state index in [9.17, 15) is 0 Å². The van der Waals surface area contributed by atoms with Crippen LogP contribution in [0, 0.1) is 11.8 Å². The van der Waals surface area contributed by atoms with Crippen LogP contribution in [-0.2, 0) is 0 Å². The average Bonchev–Trinajstić information content (AvgIpc) is 2.72. The van der Waals surface area contributed by atoms with E-state index in [-0.39, 0.29) is 0 Å². The standard InChI is InChI=1S/C14H28N2/c1-2-12-5-4-9-16(11-12)10-8-13-6-3-7-14(13)15/h12-14H,2-11,15H2,1H3.